The van der Waals surface area contributed by atoms with Crippen LogP contribution in [0.25, 0.3) is 9.53 Å². The molecule has 0 aliphatic heterocycles. The van der Waals surface area contributed by atoms with Crippen LogP contribution in [0.2, 0.25) is 10.0 Å². The van der Waals surface area contributed by atoms with Gasteiger partial charge in [0.05, 0.1) is 25.3 Å². The topological polar surface area (TPSA) is 65.5 Å². The normalized spacial score (nSPS) is 11.0. The van der Waals surface area contributed by atoms with Gasteiger partial charge in [-0.25, -0.2) is 4.98 Å². The van der Waals surface area contributed by atoms with E-state index in [2.05, 4.69) is 29.0 Å². The first kappa shape index (κ1) is 22.8. The summed E-state index contributed by atoms with van der Waals surface area (Å²) in [5.74, 6) is -0.557. The molecule has 30 heavy (non-hydrogen) atoms. The van der Waals surface area contributed by atoms with E-state index in [9.17, 15) is 9.59 Å². The fourth-order valence-electron chi connectivity index (χ4n) is 2.91. The summed E-state index contributed by atoms with van der Waals surface area (Å²) in [6, 6.07) is 6.84. The molecular formula is C20H22Cl2N4O2S2. The van der Waals surface area contributed by atoms with Crippen molar-refractivity contribution in [3.8, 4) is 0 Å². The molecular weight excluding hydrogens is 463 g/mol. The van der Waals surface area contributed by atoms with E-state index in [1.54, 1.807) is 29.5 Å². The Balaban J connectivity index is 1.72. The van der Waals surface area contributed by atoms with Crippen molar-refractivity contribution in [2.24, 2.45) is 0 Å². The minimum atomic E-state index is -0.361. The van der Waals surface area contributed by atoms with Gasteiger partial charge in [0.2, 0.25) is 5.91 Å². The van der Waals surface area contributed by atoms with Gasteiger partial charge in [-0.15, -0.1) is 11.3 Å². The van der Waals surface area contributed by atoms with Gasteiger partial charge < -0.3 is 15.1 Å². The molecule has 6 nitrogen and oxygen atoms in total. The molecule has 0 aliphatic carbocycles. The van der Waals surface area contributed by atoms with Crippen molar-refractivity contribution in [1.29, 1.82) is 0 Å². The number of thiophene rings is 1. The van der Waals surface area contributed by atoms with Crippen molar-refractivity contribution < 1.29 is 9.59 Å². The van der Waals surface area contributed by atoms with Crippen molar-refractivity contribution in [3.63, 3.8) is 0 Å². The number of fused-ring (bicyclic) bond motifs is 1. The largest absolute Gasteiger partial charge is 0.349 e. The van der Waals surface area contributed by atoms with Crippen LogP contribution < -0.4 is 10.2 Å². The van der Waals surface area contributed by atoms with Gasteiger partial charge in [0.25, 0.3) is 5.91 Å². The second-order valence-electron chi connectivity index (χ2n) is 6.41. The number of para-hydroxylation sites is 1. The molecule has 10 heteroatoms. The number of hydrogen-bond acceptors (Lipinski definition) is 6. The van der Waals surface area contributed by atoms with E-state index < -0.39 is 0 Å². The summed E-state index contributed by atoms with van der Waals surface area (Å²) >= 11 is 15.1. The molecule has 0 spiro atoms. The molecule has 0 saturated heterocycles. The summed E-state index contributed by atoms with van der Waals surface area (Å²) < 4.78 is 0.980. The predicted molar refractivity (Wildman–Crippen MR) is 128 cm³/mol. The van der Waals surface area contributed by atoms with Crippen LogP contribution >= 0.6 is 45.9 Å². The van der Waals surface area contributed by atoms with Crippen LogP contribution in [0.5, 0.6) is 0 Å². The van der Waals surface area contributed by atoms with Gasteiger partial charge in [0.1, 0.15) is 11.4 Å². The van der Waals surface area contributed by atoms with E-state index in [1.165, 1.54) is 16.2 Å². The molecule has 3 rings (SSSR count). The lowest BCUT2D eigenvalue weighted by molar-refractivity contribution is -0.116. The monoisotopic (exact) mass is 484 g/mol. The van der Waals surface area contributed by atoms with Crippen molar-refractivity contribution >= 4 is 78.0 Å². The number of aromatic nitrogens is 1. The second-order valence-corrected chi connectivity index (χ2v) is 9.27. The summed E-state index contributed by atoms with van der Waals surface area (Å²) in [7, 11) is 0. The third kappa shape index (κ3) is 4.88. The van der Waals surface area contributed by atoms with Gasteiger partial charge in [0, 0.05) is 19.6 Å². The molecule has 160 valence electrons. The zero-order valence-electron chi connectivity index (χ0n) is 16.9. The Labute approximate surface area is 193 Å². The molecule has 1 aromatic carbocycles. The van der Waals surface area contributed by atoms with Gasteiger partial charge in [-0.05, 0) is 39.0 Å². The summed E-state index contributed by atoms with van der Waals surface area (Å²) in [6.07, 6.45) is 0. The third-order valence-electron chi connectivity index (χ3n) is 4.55. The predicted octanol–water partition coefficient (Wildman–Crippen LogP) is 5.61. The Morgan fingerprint density at radius 1 is 1.07 bits per heavy atom. The molecule has 0 bridgehead atoms. The van der Waals surface area contributed by atoms with Crippen molar-refractivity contribution in [3.05, 3.63) is 39.2 Å². The van der Waals surface area contributed by atoms with Crippen LogP contribution in [0.1, 0.15) is 30.4 Å². The number of nitrogens with one attached hydrogen (secondary N) is 1. The van der Waals surface area contributed by atoms with E-state index in [-0.39, 0.29) is 18.4 Å². The highest BCUT2D eigenvalue weighted by molar-refractivity contribution is 7.29. The summed E-state index contributed by atoms with van der Waals surface area (Å²) in [5, 5.41) is 4.35. The van der Waals surface area contributed by atoms with Gasteiger partial charge in [0.15, 0.2) is 5.13 Å². The number of anilines is 2. The van der Waals surface area contributed by atoms with Gasteiger partial charge in [-0.1, -0.05) is 40.6 Å². The summed E-state index contributed by atoms with van der Waals surface area (Å²) in [5.41, 5.74) is 0.346. The molecule has 0 unspecified atom stereocenters. The Bertz CT molecular complexity index is 1010. The highest BCUT2D eigenvalue weighted by Gasteiger charge is 2.22. The minimum Gasteiger partial charge on any atom is -0.349 e. The minimum absolute atomic E-state index is 0.0967. The molecule has 3 aromatic rings. The first-order valence-corrected chi connectivity index (χ1v) is 11.9. The lowest BCUT2D eigenvalue weighted by Gasteiger charge is -2.20. The number of nitrogens with zero attached hydrogens (tertiary/aromatic N) is 3. The van der Waals surface area contributed by atoms with E-state index >= 15 is 0 Å². The first-order chi connectivity index (χ1) is 14.4. The second kappa shape index (κ2) is 9.96. The highest BCUT2D eigenvalue weighted by Crippen LogP contribution is 2.35. The average Bonchev–Trinajstić information content (AvgIpc) is 3.29. The molecule has 0 radical (unpaired) electrons. The fraction of sp³-hybridized carbons (Fsp3) is 0.350. The molecule has 0 fully saturated rings. The standard InChI is InChI=1S/C20H22Cl2N4O2S2/c1-4-25(5-2)20-24-18-14(30-20)10-15(29-18)19(28)26(6-3)11-16(27)23-17-12(21)8-7-9-13(17)22/h7-10H,4-6,11H2,1-3H3,(H,23,27). The lowest BCUT2D eigenvalue weighted by atomic mass is 10.3. The Kier molecular flexibility index (Phi) is 7.57. The number of halogens is 2. The zero-order valence-corrected chi connectivity index (χ0v) is 20.0. The Morgan fingerprint density at radius 3 is 2.30 bits per heavy atom. The van der Waals surface area contributed by atoms with Gasteiger partial charge in [-0.3, -0.25) is 9.59 Å². The Morgan fingerprint density at radius 2 is 1.73 bits per heavy atom. The molecule has 0 atom stereocenters. The average molecular weight is 485 g/mol. The molecule has 2 aromatic heterocycles. The van der Waals surface area contributed by atoms with E-state index in [0.717, 1.165) is 27.8 Å². The maximum absolute atomic E-state index is 13.0. The van der Waals surface area contributed by atoms with Crippen LogP contribution in [-0.4, -0.2) is 47.9 Å². The lowest BCUT2D eigenvalue weighted by Crippen LogP contribution is -2.37. The Hall–Kier alpha value is -1.87. The number of amides is 2. The summed E-state index contributed by atoms with van der Waals surface area (Å²) in [4.78, 5) is 35.2. The third-order valence-corrected chi connectivity index (χ3v) is 7.39. The van der Waals surface area contributed by atoms with Crippen LogP contribution in [0.4, 0.5) is 10.8 Å². The van der Waals surface area contributed by atoms with Crippen LogP contribution in [0.3, 0.4) is 0 Å². The quantitative estimate of drug-likeness (QED) is 0.450. The van der Waals surface area contributed by atoms with Crippen LogP contribution in [0.15, 0.2) is 24.3 Å². The van der Waals surface area contributed by atoms with Crippen molar-refractivity contribution in [2.75, 3.05) is 36.4 Å². The number of hydrogen-bond donors (Lipinski definition) is 1. The SMILES string of the molecule is CCN(CC(=O)Nc1c(Cl)cccc1Cl)C(=O)c1cc2sc(N(CC)CC)nc2s1. The smallest absolute Gasteiger partial charge is 0.264 e. The number of carbonyl (C=O) groups excluding carboxylic acids is 2. The van der Waals surface area contributed by atoms with E-state index in [1.807, 2.05) is 13.0 Å². The van der Waals surface area contributed by atoms with Crippen molar-refractivity contribution in [2.45, 2.75) is 20.8 Å². The maximum atomic E-state index is 13.0. The molecule has 0 saturated carbocycles. The summed E-state index contributed by atoms with van der Waals surface area (Å²) in [6.45, 7) is 8.09. The van der Waals surface area contributed by atoms with E-state index in [0.29, 0.717) is 27.2 Å². The van der Waals surface area contributed by atoms with Crippen LogP contribution in [-0.2, 0) is 4.79 Å². The number of likely N-dealkylation sites (N-methyl/N-ethyl adjacent to an activating group) is 1. The van der Waals surface area contributed by atoms with Crippen LogP contribution in [0, 0.1) is 0 Å². The van der Waals surface area contributed by atoms with Gasteiger partial charge >= 0.3 is 0 Å². The van der Waals surface area contributed by atoms with Gasteiger partial charge in [-0.2, -0.15) is 0 Å². The molecule has 2 amide bonds. The zero-order chi connectivity index (χ0) is 21.8. The first-order valence-electron chi connectivity index (χ1n) is 9.56. The number of benzene rings is 1. The molecule has 0 aliphatic rings. The number of rotatable bonds is 8. The maximum Gasteiger partial charge on any atom is 0.264 e. The highest BCUT2D eigenvalue weighted by atomic mass is 35.5. The fourth-order valence-corrected chi connectivity index (χ4v) is 5.71. The van der Waals surface area contributed by atoms with E-state index in [4.69, 9.17) is 23.2 Å². The molecule has 1 N–H and O–H groups in total. The molecule has 2 heterocycles. The van der Waals surface area contributed by atoms with Crippen molar-refractivity contribution in [1.82, 2.24) is 9.88 Å². The number of thiazole rings is 1. The number of carbonyl (C=O) groups is 2.